The van der Waals surface area contributed by atoms with E-state index in [9.17, 15) is 106 Å². The minimum Gasteiger partial charge on any atom is -0.507 e. The SMILES string of the molecule is O=C(Oc1cc2c(c(O)c1Cc1c(O)cc(O)c3c1O[C@H](c1cc(O)c(O)c(O)c1)[C@H](OC(=O)c1cc(O)c(O)c(O)c1)C3)C[C@@H](OC(=O)c1cc(O)c(O)c(O)c1)[C@@H](c1cc(O)c(O)c(O)c1)O2)c1cc(O)c(O)c(O)c1. The molecule has 0 spiro atoms. The maximum Gasteiger partial charge on any atom is 0.343 e. The lowest BCUT2D eigenvalue weighted by Gasteiger charge is -2.36. The highest BCUT2D eigenvalue weighted by Gasteiger charge is 2.42. The van der Waals surface area contributed by atoms with Gasteiger partial charge in [0.2, 0.25) is 0 Å². The highest BCUT2D eigenvalue weighted by atomic mass is 16.6. The van der Waals surface area contributed by atoms with Crippen LogP contribution in [0, 0.1) is 0 Å². The van der Waals surface area contributed by atoms with Gasteiger partial charge in [-0.2, -0.15) is 0 Å². The number of ether oxygens (including phenoxy) is 5. The first-order valence-corrected chi connectivity index (χ1v) is 22.5. The molecule has 9 rings (SSSR count). The maximum absolute atomic E-state index is 13.9. The molecule has 0 bridgehead atoms. The molecule has 78 heavy (non-hydrogen) atoms. The summed E-state index contributed by atoms with van der Waals surface area (Å²) >= 11 is 0. The molecule has 2 aliphatic rings. The Balaban J connectivity index is 1.19. The van der Waals surface area contributed by atoms with Gasteiger partial charge in [-0.25, -0.2) is 14.4 Å². The molecule has 26 nitrogen and oxygen atoms in total. The fraction of sp³-hybridized carbons (Fsp3) is 0.135. The predicted octanol–water partition coefficient (Wildman–Crippen LogP) is 5.00. The van der Waals surface area contributed by atoms with E-state index in [4.69, 9.17) is 23.7 Å². The summed E-state index contributed by atoms with van der Waals surface area (Å²) in [5.74, 6) is -22.1. The Labute approximate surface area is 434 Å². The lowest BCUT2D eigenvalue weighted by molar-refractivity contribution is -0.0193. The summed E-state index contributed by atoms with van der Waals surface area (Å²) in [7, 11) is 0. The van der Waals surface area contributed by atoms with Gasteiger partial charge in [-0.15, -0.1) is 0 Å². The predicted molar refractivity (Wildman–Crippen MR) is 255 cm³/mol. The van der Waals surface area contributed by atoms with Crippen LogP contribution in [-0.4, -0.2) is 122 Å². The van der Waals surface area contributed by atoms with Crippen molar-refractivity contribution in [3.05, 3.63) is 123 Å². The van der Waals surface area contributed by atoms with E-state index < -0.39 is 199 Å². The zero-order valence-corrected chi connectivity index (χ0v) is 39.2. The Bertz CT molecular complexity index is 3570. The van der Waals surface area contributed by atoms with Gasteiger partial charge in [0, 0.05) is 64.8 Å². The van der Waals surface area contributed by atoms with Crippen molar-refractivity contribution in [1.29, 1.82) is 0 Å². The van der Waals surface area contributed by atoms with Crippen molar-refractivity contribution in [2.75, 3.05) is 0 Å². The first-order chi connectivity index (χ1) is 36.8. The molecule has 0 radical (unpaired) electrons. The van der Waals surface area contributed by atoms with Crippen molar-refractivity contribution in [3.8, 4) is 121 Å². The Kier molecular flexibility index (Phi) is 12.9. The van der Waals surface area contributed by atoms with E-state index in [1.807, 2.05) is 0 Å². The first-order valence-electron chi connectivity index (χ1n) is 22.5. The van der Waals surface area contributed by atoms with Gasteiger partial charge >= 0.3 is 17.9 Å². The third kappa shape index (κ3) is 9.31. The van der Waals surface area contributed by atoms with Gasteiger partial charge in [0.1, 0.15) is 46.7 Å². The number of fused-ring (bicyclic) bond motifs is 2. The minimum absolute atomic E-state index is 0.203. The van der Waals surface area contributed by atoms with E-state index in [0.29, 0.717) is 12.1 Å². The van der Waals surface area contributed by atoms with Crippen LogP contribution in [0.5, 0.6) is 121 Å². The summed E-state index contributed by atoms with van der Waals surface area (Å²) in [6, 6.07) is 9.73. The van der Waals surface area contributed by atoms with Gasteiger partial charge in [0.05, 0.1) is 16.7 Å². The Hall–Kier alpha value is -11.1. The summed E-state index contributed by atoms with van der Waals surface area (Å²) in [5, 5.41) is 189. The van der Waals surface area contributed by atoms with E-state index >= 15 is 0 Å². The average Bonchev–Trinajstić information content (AvgIpc) is 3.46. The van der Waals surface area contributed by atoms with Gasteiger partial charge in [-0.05, 0) is 60.7 Å². The molecule has 2 aliphatic heterocycles. The summed E-state index contributed by atoms with van der Waals surface area (Å²) in [4.78, 5) is 41.2. The van der Waals surface area contributed by atoms with Crippen LogP contribution < -0.4 is 14.2 Å². The third-order valence-electron chi connectivity index (χ3n) is 12.7. The Morgan fingerprint density at radius 3 is 1.15 bits per heavy atom. The fourth-order valence-electron chi connectivity index (χ4n) is 8.80. The van der Waals surface area contributed by atoms with Crippen molar-refractivity contribution in [3.63, 3.8) is 0 Å². The van der Waals surface area contributed by atoms with Crippen molar-refractivity contribution in [2.24, 2.45) is 0 Å². The summed E-state index contributed by atoms with van der Waals surface area (Å²) in [5.41, 5.74) is -3.46. The number of rotatable bonds is 10. The van der Waals surface area contributed by atoms with Crippen LogP contribution in [0.1, 0.15) is 76.7 Å². The molecule has 0 aliphatic carbocycles. The zero-order chi connectivity index (χ0) is 56.5. The average molecular weight is 1080 g/mol. The quantitative estimate of drug-likeness (QED) is 0.0486. The van der Waals surface area contributed by atoms with Gasteiger partial charge in [0.15, 0.2) is 98.5 Å². The largest absolute Gasteiger partial charge is 0.507 e. The van der Waals surface area contributed by atoms with Crippen LogP contribution in [0.15, 0.2) is 72.8 Å². The topological polar surface area (TPSA) is 462 Å². The van der Waals surface area contributed by atoms with E-state index in [0.717, 1.165) is 60.7 Å². The molecule has 404 valence electrons. The third-order valence-corrected chi connectivity index (χ3v) is 12.7. The van der Waals surface area contributed by atoms with E-state index in [1.165, 1.54) is 0 Å². The smallest absolute Gasteiger partial charge is 0.343 e. The van der Waals surface area contributed by atoms with Gasteiger partial charge < -0.3 is 116 Å². The summed E-state index contributed by atoms with van der Waals surface area (Å²) < 4.78 is 29.8. The Morgan fingerprint density at radius 1 is 0.385 bits per heavy atom. The van der Waals surface area contributed by atoms with Crippen LogP contribution in [-0.2, 0) is 28.7 Å². The molecule has 18 N–H and O–H groups in total. The molecule has 2 heterocycles. The lowest BCUT2D eigenvalue weighted by atomic mass is 9.88. The van der Waals surface area contributed by atoms with Gasteiger partial charge in [-0.3, -0.25) is 0 Å². The molecular weight excluding hydrogens is 1040 g/mol. The number of esters is 3. The Morgan fingerprint density at radius 2 is 0.744 bits per heavy atom. The summed E-state index contributed by atoms with van der Waals surface area (Å²) in [6.07, 6.45) is -8.62. The molecule has 4 atom stereocenters. The van der Waals surface area contributed by atoms with Crippen molar-refractivity contribution >= 4 is 17.9 Å². The number of hydrogen-bond acceptors (Lipinski definition) is 26. The molecule has 0 amide bonds. The number of hydrogen-bond donors (Lipinski definition) is 18. The monoisotopic (exact) mass is 1080 g/mol. The number of benzene rings is 7. The fourth-order valence-corrected chi connectivity index (χ4v) is 8.80. The summed E-state index contributed by atoms with van der Waals surface area (Å²) in [6.45, 7) is 0. The molecule has 26 heteroatoms. The molecule has 0 aromatic heterocycles. The molecule has 7 aromatic carbocycles. The van der Waals surface area contributed by atoms with E-state index in [-0.39, 0.29) is 33.6 Å². The lowest BCUT2D eigenvalue weighted by Crippen LogP contribution is -2.35. The normalized spacial score (nSPS) is 16.4. The standard InChI is InChI=1S/C52H40O26/c53-25-14-26(54)22-12-39(76-51(72)19-7-33(61)45(69)34(62)8-19)48(17-3-29(57)43(67)30(58)4-17)78-49(22)21(25)11-23-38(75-50(71)18-5-31(59)44(68)32(60)6-18)15-37-24(41(23)65)13-40(47(74-37)16-1-27(55)42(66)28(56)2-16)77-52(73)20-9-35(63)46(70)36(64)10-20/h1-10,14-15,39-40,47-48,53-70H,11-13H2/t39-,40-,47-,48-/m1/s1. The second kappa shape index (κ2) is 19.3. The van der Waals surface area contributed by atoms with Crippen LogP contribution in [0.2, 0.25) is 0 Å². The molecule has 0 fully saturated rings. The van der Waals surface area contributed by atoms with Crippen LogP contribution >= 0.6 is 0 Å². The minimum atomic E-state index is -1.70. The number of phenolic OH excluding ortho intramolecular Hbond substituents is 18. The number of phenols is 18. The van der Waals surface area contributed by atoms with Gasteiger partial charge in [-0.1, -0.05) is 0 Å². The van der Waals surface area contributed by atoms with Crippen LogP contribution in [0.25, 0.3) is 0 Å². The molecular formula is C52H40O26. The van der Waals surface area contributed by atoms with Crippen LogP contribution in [0.3, 0.4) is 0 Å². The highest BCUT2D eigenvalue weighted by Crippen LogP contribution is 2.53. The van der Waals surface area contributed by atoms with Crippen molar-refractivity contribution in [1.82, 2.24) is 0 Å². The zero-order valence-electron chi connectivity index (χ0n) is 39.2. The van der Waals surface area contributed by atoms with E-state index in [1.54, 1.807) is 0 Å². The maximum atomic E-state index is 13.9. The van der Waals surface area contributed by atoms with E-state index in [2.05, 4.69) is 0 Å². The second-order valence-electron chi connectivity index (χ2n) is 17.7. The second-order valence-corrected chi connectivity index (χ2v) is 17.7. The number of aromatic hydroxyl groups is 18. The van der Waals surface area contributed by atoms with Crippen molar-refractivity contribution < 1.29 is 130 Å². The van der Waals surface area contributed by atoms with Crippen LogP contribution in [0.4, 0.5) is 0 Å². The first kappa shape index (κ1) is 51.8. The number of carbonyl (C=O) groups is 3. The highest BCUT2D eigenvalue weighted by molar-refractivity contribution is 5.94. The van der Waals surface area contributed by atoms with Crippen molar-refractivity contribution in [2.45, 2.75) is 43.7 Å². The molecule has 7 aromatic rings. The molecule has 0 unspecified atom stereocenters. The number of carbonyl (C=O) groups excluding carboxylic acids is 3. The molecule has 0 saturated carbocycles. The van der Waals surface area contributed by atoms with Gasteiger partial charge in [0.25, 0.3) is 0 Å². The molecule has 0 saturated heterocycles.